The molecular weight excluding hydrogens is 485 g/mol. The normalized spacial score (nSPS) is 18.8. The molecule has 0 N–H and O–H groups in total. The highest BCUT2D eigenvalue weighted by Crippen LogP contribution is 2.36. The second-order valence-electron chi connectivity index (χ2n) is 10.9. The van der Waals surface area contributed by atoms with Gasteiger partial charge in [-0.25, -0.2) is 4.98 Å². The average Bonchev–Trinajstić information content (AvgIpc) is 2.83. The molecule has 7 nitrogen and oxygen atoms in total. The van der Waals surface area contributed by atoms with Crippen LogP contribution in [0.25, 0.3) is 10.9 Å². The summed E-state index contributed by atoms with van der Waals surface area (Å²) in [5, 5.41) is 1.57. The molecule has 2 fully saturated rings. The summed E-state index contributed by atoms with van der Waals surface area (Å²) in [6, 6.07) is 12.1. The molecule has 0 unspecified atom stereocenters. The maximum Gasteiger partial charge on any atom is 0.261 e. The van der Waals surface area contributed by atoms with Gasteiger partial charge in [0.25, 0.3) is 5.56 Å². The van der Waals surface area contributed by atoms with Gasteiger partial charge in [0, 0.05) is 43.7 Å². The van der Waals surface area contributed by atoms with Crippen molar-refractivity contribution in [2.75, 3.05) is 51.6 Å². The lowest BCUT2D eigenvalue weighted by molar-refractivity contribution is -0.0100. The van der Waals surface area contributed by atoms with E-state index in [0.29, 0.717) is 31.1 Å². The average molecular weight is 524 g/mol. The van der Waals surface area contributed by atoms with Crippen LogP contribution in [0.5, 0.6) is 0 Å². The lowest BCUT2D eigenvalue weighted by Crippen LogP contribution is -2.44. The van der Waals surface area contributed by atoms with E-state index in [2.05, 4.69) is 24.0 Å². The smallest absolute Gasteiger partial charge is 0.261 e. The molecule has 37 heavy (non-hydrogen) atoms. The summed E-state index contributed by atoms with van der Waals surface area (Å²) in [7, 11) is -0.604. The standard InChI is InChI=1S/C29H38N3O4P/c1-20-16-25(37(3,4)34)10-8-21(20)12-13-32-28(22-6-5-7-22)30-27-17-23(9-11-26(27)29(32)33)31-14-15-36-24(18-31)19-35-2/h8-11,16-17,22,24H,5-7,12-15,18-19H2,1-4H3/t24-/m1/s1. The quantitative estimate of drug-likeness (QED) is 0.410. The number of fused-ring (bicyclic) bond motifs is 1. The summed E-state index contributed by atoms with van der Waals surface area (Å²) >= 11 is 0. The van der Waals surface area contributed by atoms with Gasteiger partial charge in [-0.05, 0) is 74.9 Å². The molecular formula is C29H38N3O4P. The van der Waals surface area contributed by atoms with Gasteiger partial charge in [-0.3, -0.25) is 9.36 Å². The van der Waals surface area contributed by atoms with Crippen LogP contribution >= 0.6 is 7.14 Å². The van der Waals surface area contributed by atoms with Gasteiger partial charge < -0.3 is 18.9 Å². The summed E-state index contributed by atoms with van der Waals surface area (Å²) < 4.78 is 25.5. The first-order valence-electron chi connectivity index (χ1n) is 13.3. The van der Waals surface area contributed by atoms with Gasteiger partial charge in [0.05, 0.1) is 30.2 Å². The first kappa shape index (κ1) is 26.1. The van der Waals surface area contributed by atoms with Crippen LogP contribution in [0.4, 0.5) is 5.69 Å². The number of hydrogen-bond acceptors (Lipinski definition) is 6. The number of benzene rings is 2. The largest absolute Gasteiger partial charge is 0.382 e. The second-order valence-corrected chi connectivity index (χ2v) is 14.1. The highest BCUT2D eigenvalue weighted by molar-refractivity contribution is 7.70. The van der Waals surface area contributed by atoms with Crippen molar-refractivity contribution in [2.45, 2.75) is 51.2 Å². The van der Waals surface area contributed by atoms with Crippen LogP contribution in [0, 0.1) is 6.92 Å². The molecule has 8 heteroatoms. The number of morpholine rings is 1. The third-order valence-corrected chi connectivity index (χ3v) is 9.37. The molecule has 2 heterocycles. The molecule has 5 rings (SSSR count). The van der Waals surface area contributed by atoms with Gasteiger partial charge in [0.1, 0.15) is 13.0 Å². The lowest BCUT2D eigenvalue weighted by Gasteiger charge is -2.34. The Hall–Kier alpha value is -2.47. The van der Waals surface area contributed by atoms with Crippen LogP contribution in [0.3, 0.4) is 0 Å². The molecule has 0 spiro atoms. The molecule has 0 amide bonds. The van der Waals surface area contributed by atoms with Crippen molar-refractivity contribution in [3.63, 3.8) is 0 Å². The summed E-state index contributed by atoms with van der Waals surface area (Å²) in [6.45, 7) is 9.04. The number of anilines is 1. The Labute approximate surface area is 219 Å². The fourth-order valence-electron chi connectivity index (χ4n) is 5.39. The number of ether oxygens (including phenoxy) is 2. The van der Waals surface area contributed by atoms with Gasteiger partial charge in [-0.1, -0.05) is 18.6 Å². The highest BCUT2D eigenvalue weighted by atomic mass is 31.2. The van der Waals surface area contributed by atoms with Crippen LogP contribution in [0.2, 0.25) is 0 Å². The van der Waals surface area contributed by atoms with Gasteiger partial charge >= 0.3 is 0 Å². The Bertz CT molecular complexity index is 1390. The Kier molecular flexibility index (Phi) is 7.58. The van der Waals surface area contributed by atoms with Crippen LogP contribution in [0.1, 0.15) is 42.1 Å². The van der Waals surface area contributed by atoms with E-state index in [1.807, 2.05) is 28.8 Å². The molecule has 3 aromatic rings. The van der Waals surface area contributed by atoms with E-state index in [0.717, 1.165) is 60.2 Å². The zero-order valence-corrected chi connectivity index (χ0v) is 23.3. The predicted octanol–water partition coefficient (Wildman–Crippen LogP) is 4.31. The number of hydrogen-bond donors (Lipinski definition) is 0. The first-order valence-corrected chi connectivity index (χ1v) is 15.9. The highest BCUT2D eigenvalue weighted by Gasteiger charge is 2.26. The minimum atomic E-state index is -2.30. The molecule has 2 aliphatic rings. The Morgan fingerprint density at radius 1 is 1.16 bits per heavy atom. The van der Waals surface area contributed by atoms with Crippen LogP contribution < -0.4 is 15.8 Å². The molecule has 198 valence electrons. The molecule has 1 aromatic heterocycles. The minimum absolute atomic E-state index is 0.0403. The lowest BCUT2D eigenvalue weighted by atomic mass is 9.84. The molecule has 1 saturated heterocycles. The van der Waals surface area contributed by atoms with E-state index in [1.165, 1.54) is 12.0 Å². The van der Waals surface area contributed by atoms with Crippen molar-refractivity contribution in [1.82, 2.24) is 9.55 Å². The number of nitrogens with zero attached hydrogens (tertiary/aromatic N) is 3. The predicted molar refractivity (Wildman–Crippen MR) is 150 cm³/mol. The fraction of sp³-hybridized carbons (Fsp3) is 0.517. The fourth-order valence-corrected chi connectivity index (χ4v) is 6.32. The number of aromatic nitrogens is 2. The van der Waals surface area contributed by atoms with Crippen molar-refractivity contribution in [2.24, 2.45) is 0 Å². The van der Waals surface area contributed by atoms with E-state index in [1.54, 1.807) is 20.4 Å². The van der Waals surface area contributed by atoms with Crippen molar-refractivity contribution in [1.29, 1.82) is 0 Å². The van der Waals surface area contributed by atoms with Crippen LogP contribution in [-0.4, -0.2) is 62.4 Å². The van der Waals surface area contributed by atoms with Crippen molar-refractivity contribution < 1.29 is 14.0 Å². The zero-order valence-electron chi connectivity index (χ0n) is 22.4. The number of rotatable bonds is 8. The van der Waals surface area contributed by atoms with Crippen molar-refractivity contribution in [3.05, 3.63) is 63.7 Å². The second kappa shape index (κ2) is 10.7. The third-order valence-electron chi connectivity index (χ3n) is 7.85. The maximum absolute atomic E-state index is 13.7. The van der Waals surface area contributed by atoms with Gasteiger partial charge in [-0.15, -0.1) is 0 Å². The minimum Gasteiger partial charge on any atom is -0.382 e. The van der Waals surface area contributed by atoms with E-state index in [9.17, 15) is 9.36 Å². The Morgan fingerprint density at radius 3 is 2.65 bits per heavy atom. The summed E-state index contributed by atoms with van der Waals surface area (Å²) in [6.07, 6.45) is 4.12. The number of methoxy groups -OCH3 is 1. The molecule has 1 aliphatic carbocycles. The van der Waals surface area contributed by atoms with Gasteiger partial charge in [-0.2, -0.15) is 0 Å². The summed E-state index contributed by atoms with van der Waals surface area (Å²) in [4.78, 5) is 21.1. The molecule has 0 bridgehead atoms. The topological polar surface area (TPSA) is 73.7 Å². The third kappa shape index (κ3) is 5.55. The van der Waals surface area contributed by atoms with E-state index >= 15 is 0 Å². The monoisotopic (exact) mass is 523 g/mol. The van der Waals surface area contributed by atoms with Crippen LogP contribution in [-0.2, 0) is 27.0 Å². The molecule has 1 saturated carbocycles. The molecule has 1 atom stereocenters. The maximum atomic E-state index is 13.7. The molecule has 0 radical (unpaired) electrons. The van der Waals surface area contributed by atoms with E-state index in [-0.39, 0.29) is 11.7 Å². The van der Waals surface area contributed by atoms with Crippen molar-refractivity contribution in [3.8, 4) is 0 Å². The Balaban J connectivity index is 1.45. The zero-order chi connectivity index (χ0) is 26.2. The Morgan fingerprint density at radius 2 is 1.97 bits per heavy atom. The summed E-state index contributed by atoms with van der Waals surface area (Å²) in [5.41, 5.74) is 4.18. The van der Waals surface area contributed by atoms with Gasteiger partial charge in [0.2, 0.25) is 0 Å². The summed E-state index contributed by atoms with van der Waals surface area (Å²) in [5.74, 6) is 1.26. The SMILES string of the molecule is COC[C@H]1CN(c2ccc3c(=O)n(CCc4ccc(P(C)(C)=O)cc4C)c(C4CCC4)nc3c2)CCO1. The van der Waals surface area contributed by atoms with E-state index in [4.69, 9.17) is 14.5 Å². The molecule has 2 aromatic carbocycles. The van der Waals surface area contributed by atoms with Crippen molar-refractivity contribution >= 4 is 29.0 Å². The van der Waals surface area contributed by atoms with Crippen LogP contribution in [0.15, 0.2) is 41.2 Å². The van der Waals surface area contributed by atoms with E-state index < -0.39 is 7.14 Å². The van der Waals surface area contributed by atoms with Gasteiger partial charge in [0.15, 0.2) is 0 Å². The molecule has 1 aliphatic heterocycles. The number of aryl methyl sites for hydroxylation is 2. The first-order chi connectivity index (χ1) is 17.7.